The molecule has 0 saturated carbocycles. The topological polar surface area (TPSA) is 46.2 Å². The minimum Gasteiger partial charge on any atom is -1.00 e. The first kappa shape index (κ1) is 45.4. The van der Waals surface area contributed by atoms with Crippen molar-refractivity contribution in [3.63, 3.8) is 0 Å². The molecule has 0 atom stereocenters. The van der Waals surface area contributed by atoms with E-state index in [1.54, 1.807) is 24.3 Å². The Morgan fingerprint density at radius 3 is 1.23 bits per heavy atom. The summed E-state index contributed by atoms with van der Waals surface area (Å²) in [7, 11) is -0.567. The molecule has 0 bridgehead atoms. The van der Waals surface area contributed by atoms with Crippen LogP contribution in [-0.4, -0.2) is 41.4 Å². The average Bonchev–Trinajstić information content (AvgIpc) is 3.21. The summed E-state index contributed by atoms with van der Waals surface area (Å²) < 4.78 is 132. The normalized spacial score (nSPS) is 13.4. The van der Waals surface area contributed by atoms with E-state index in [0.29, 0.717) is 5.46 Å². The molecule has 1 heterocycles. The average molecular weight is 830 g/mol. The van der Waals surface area contributed by atoms with Crippen LogP contribution in [-0.2, 0) is 9.31 Å². The Balaban J connectivity index is 0.000000714. The summed E-state index contributed by atoms with van der Waals surface area (Å²) in [6.45, 7) is 7.70. The zero-order valence-corrected chi connectivity index (χ0v) is 30.0. The fourth-order valence-corrected chi connectivity index (χ4v) is 3.30. The number of hydrogen-bond donors (Lipinski definition) is 0. The zero-order valence-electron chi connectivity index (χ0n) is 25.4. The van der Waals surface area contributed by atoms with E-state index in [4.69, 9.17) is 9.31 Å². The van der Waals surface area contributed by atoms with E-state index in [0.717, 1.165) is 4.47 Å². The molecular weight excluding hydrogens is 806 g/mol. The second-order valence-electron chi connectivity index (χ2n) is 9.76. The molecule has 1 aliphatic rings. The van der Waals surface area contributed by atoms with Gasteiger partial charge in [-0.05, 0) is 69.6 Å². The Morgan fingerprint density at radius 2 is 0.896 bits per heavy atom. The summed E-state index contributed by atoms with van der Waals surface area (Å²) in [6, 6.07) is 14.2. The van der Waals surface area contributed by atoms with E-state index in [1.165, 1.54) is 48.5 Å². The first-order chi connectivity index (χ1) is 21.4. The van der Waals surface area contributed by atoms with E-state index in [2.05, 4.69) is 36.2 Å². The minimum absolute atomic E-state index is 0. The van der Waals surface area contributed by atoms with Crippen molar-refractivity contribution in [3.05, 3.63) is 120 Å². The third-order valence-corrected chi connectivity index (χ3v) is 6.50. The predicted octanol–water partition coefficient (Wildman–Crippen LogP) is 6.79. The predicted molar refractivity (Wildman–Crippen MR) is 160 cm³/mol. The third-order valence-electron chi connectivity index (χ3n) is 5.97. The molecule has 3 aromatic rings. The maximum atomic E-state index is 12.7. The van der Waals surface area contributed by atoms with Crippen molar-refractivity contribution < 1.29 is 80.0 Å². The van der Waals surface area contributed by atoms with Gasteiger partial charge in [-0.1, -0.05) is 28.1 Å². The van der Waals surface area contributed by atoms with Crippen molar-refractivity contribution in [2.45, 2.75) is 38.9 Å². The van der Waals surface area contributed by atoms with Crippen LogP contribution in [0.1, 0.15) is 27.7 Å². The van der Waals surface area contributed by atoms with E-state index < -0.39 is 54.6 Å². The third kappa shape index (κ3) is 14.9. The van der Waals surface area contributed by atoms with Crippen LogP contribution in [0.25, 0.3) is 0 Å². The molecule has 3 aromatic carbocycles. The van der Waals surface area contributed by atoms with Gasteiger partial charge in [0.25, 0.3) is 0 Å². The molecule has 1 saturated heterocycles. The molecule has 1 fully saturated rings. The molecule has 256 valence electrons. The number of halogens is 11. The van der Waals surface area contributed by atoms with Gasteiger partial charge < -0.3 is 40.5 Å². The first-order valence-electron chi connectivity index (χ1n) is 12.7. The second-order valence-corrected chi connectivity index (χ2v) is 10.7. The van der Waals surface area contributed by atoms with E-state index in [1.807, 2.05) is 27.7 Å². The van der Waals surface area contributed by atoms with Crippen LogP contribution in [0.3, 0.4) is 0 Å². The molecule has 0 amide bonds. The summed E-state index contributed by atoms with van der Waals surface area (Å²) >= 11 is 3.13. The maximum absolute atomic E-state index is 12.7. The Hall–Kier alpha value is -2.64. The summed E-state index contributed by atoms with van der Waals surface area (Å²) in [4.78, 5) is 0. The van der Waals surface area contributed by atoms with Crippen LogP contribution in [0.15, 0.2) is 114 Å². The first-order valence-corrected chi connectivity index (χ1v) is 13.5. The van der Waals surface area contributed by atoms with Crippen molar-refractivity contribution in [2.24, 2.45) is 0 Å². The molecule has 0 aliphatic carbocycles. The van der Waals surface area contributed by atoms with Crippen molar-refractivity contribution >= 4 is 51.6 Å². The number of ether oxygens (including phenoxy) is 3. The van der Waals surface area contributed by atoms with E-state index in [-0.39, 0.29) is 57.3 Å². The van der Waals surface area contributed by atoms with Gasteiger partial charge in [0.1, 0.15) is 11.5 Å². The van der Waals surface area contributed by atoms with Crippen molar-refractivity contribution in [3.8, 4) is 17.2 Å². The van der Waals surface area contributed by atoms with Gasteiger partial charge in [0, 0.05) is 10.2 Å². The number of benzene rings is 3. The van der Waals surface area contributed by atoms with Gasteiger partial charge in [0.15, 0.2) is 0 Å². The van der Waals surface area contributed by atoms with Gasteiger partial charge in [0.05, 0.1) is 11.2 Å². The SMILES string of the molecule is CC1(C)OB(c2ccc(OC(F)=C(F)F)cc2)OC1(C)C.FC(F)=C(F)Oc1cc[c-]cc1.FC(F)=C(F)Oc1ccc(Br)cc1.[Br-].[Mg+2]. The fraction of sp³-hybridized carbons (Fsp3) is 0.200. The smallest absolute Gasteiger partial charge is 1.00 e. The van der Waals surface area contributed by atoms with E-state index in [9.17, 15) is 39.5 Å². The molecule has 1 aliphatic heterocycles. The van der Waals surface area contributed by atoms with Crippen LogP contribution in [0.2, 0.25) is 0 Å². The molecule has 48 heavy (non-hydrogen) atoms. The summed E-state index contributed by atoms with van der Waals surface area (Å²) in [5.41, 5.74) is -0.246. The van der Waals surface area contributed by atoms with Gasteiger partial charge in [-0.3, -0.25) is 0 Å². The second kappa shape index (κ2) is 20.8. The summed E-state index contributed by atoms with van der Waals surface area (Å²) in [6.07, 6.45) is -7.43. The van der Waals surface area contributed by atoms with Gasteiger partial charge in [-0.2, -0.15) is 57.7 Å². The van der Waals surface area contributed by atoms with Crippen LogP contribution in [0, 0.1) is 6.07 Å². The summed E-state index contributed by atoms with van der Waals surface area (Å²) in [5, 5.41) is 0. The van der Waals surface area contributed by atoms with E-state index >= 15 is 0 Å². The van der Waals surface area contributed by atoms with Crippen LogP contribution in [0.5, 0.6) is 17.2 Å². The Labute approximate surface area is 305 Å². The standard InChI is InChI=1S/C14H16BF3O3.C8H4BrF3O.C8H4F3O.BrH.Mg/c1-13(2)14(3,4)21-15(20-13)9-5-7-10(8-6-9)19-12(18)11(16)17;9-5-1-3-6(4-2-5)13-8(12)7(10)11;9-7(10)8(11)12-6-4-2-1-3-5-6;;/h5-8H,1-4H3;1-4H;2-5H;1H;/q;;-1;;+2/p-1. The molecule has 0 N–H and O–H groups in total. The molecular formula is C30H24BBr2F9MgO5. The molecule has 18 heteroatoms. The molecule has 0 aromatic heterocycles. The molecule has 0 unspecified atom stereocenters. The van der Waals surface area contributed by atoms with Gasteiger partial charge in [-0.15, -0.1) is 12.1 Å². The Morgan fingerprint density at radius 1 is 0.583 bits per heavy atom. The largest absolute Gasteiger partial charge is 2.00 e. The number of hydrogen-bond acceptors (Lipinski definition) is 5. The zero-order chi connectivity index (χ0) is 34.7. The van der Waals surface area contributed by atoms with Gasteiger partial charge in [0.2, 0.25) is 0 Å². The Bertz CT molecular complexity index is 1500. The monoisotopic (exact) mass is 828 g/mol. The van der Waals surface area contributed by atoms with Crippen molar-refractivity contribution in [2.75, 3.05) is 0 Å². The summed E-state index contributed by atoms with van der Waals surface area (Å²) in [5.74, 6) is 0.00752. The number of rotatable bonds is 7. The fourth-order valence-electron chi connectivity index (χ4n) is 3.04. The molecule has 0 radical (unpaired) electrons. The van der Waals surface area contributed by atoms with Crippen LogP contribution >= 0.6 is 15.9 Å². The molecule has 5 nitrogen and oxygen atoms in total. The van der Waals surface area contributed by atoms with Gasteiger partial charge >= 0.3 is 66.5 Å². The van der Waals surface area contributed by atoms with Crippen molar-refractivity contribution in [1.82, 2.24) is 0 Å². The molecule has 4 rings (SSSR count). The van der Waals surface area contributed by atoms with Crippen LogP contribution in [0.4, 0.5) is 39.5 Å². The molecule has 0 spiro atoms. The minimum atomic E-state index is -2.50. The maximum Gasteiger partial charge on any atom is 2.00 e. The van der Waals surface area contributed by atoms with Crippen molar-refractivity contribution in [1.29, 1.82) is 0 Å². The Kier molecular flexibility index (Phi) is 19.6. The quantitative estimate of drug-likeness (QED) is 0.114. The van der Waals surface area contributed by atoms with Crippen LogP contribution < -0.4 is 36.7 Å². The van der Waals surface area contributed by atoms with Gasteiger partial charge in [-0.25, -0.2) is 0 Å².